The highest BCUT2D eigenvalue weighted by molar-refractivity contribution is 5.90. The number of hydrogen-bond donors (Lipinski definition) is 1. The van der Waals surface area contributed by atoms with E-state index in [-0.39, 0.29) is 30.8 Å². The second-order valence-electron chi connectivity index (χ2n) is 7.14. The summed E-state index contributed by atoms with van der Waals surface area (Å²) in [6.07, 6.45) is 1.60. The number of rotatable bonds is 6. The van der Waals surface area contributed by atoms with Gasteiger partial charge in [0.25, 0.3) is 0 Å². The van der Waals surface area contributed by atoms with Crippen LogP contribution in [0, 0.1) is 11.7 Å². The number of carboxylic acids is 1. The molecule has 1 amide bonds. The number of esters is 1. The first-order valence-corrected chi connectivity index (χ1v) is 9.77. The zero-order chi connectivity index (χ0) is 22.2. The molecule has 1 saturated heterocycles. The number of piperidine rings is 1. The first-order chi connectivity index (χ1) is 14.9. The van der Waals surface area contributed by atoms with Gasteiger partial charge in [-0.1, -0.05) is 30.3 Å². The van der Waals surface area contributed by atoms with Crippen LogP contribution in [0.1, 0.15) is 17.9 Å². The quantitative estimate of drug-likeness (QED) is 0.559. The number of carboxylic acid groups (broad SMARTS) is 1. The van der Waals surface area contributed by atoms with Crippen LogP contribution >= 0.6 is 0 Å². The molecule has 0 unspecified atom stereocenters. The van der Waals surface area contributed by atoms with Gasteiger partial charge in [0.2, 0.25) is 0 Å². The molecule has 0 spiro atoms. The number of carbonyl (C=O) groups excluding carboxylic acids is 2. The summed E-state index contributed by atoms with van der Waals surface area (Å²) in [5.41, 5.74) is 0.875. The summed E-state index contributed by atoms with van der Waals surface area (Å²) < 4.78 is 23.9. The highest BCUT2D eigenvalue weighted by Gasteiger charge is 2.34. The lowest BCUT2D eigenvalue weighted by Crippen LogP contribution is -2.45. The first kappa shape index (κ1) is 22.0. The van der Waals surface area contributed by atoms with Crippen molar-refractivity contribution in [2.24, 2.45) is 5.92 Å². The topological polar surface area (TPSA) is 93.1 Å². The number of benzene rings is 2. The van der Waals surface area contributed by atoms with Crippen LogP contribution in [0.25, 0.3) is 0 Å². The molecule has 2 aromatic rings. The molecular weight excluding hydrogens is 405 g/mol. The van der Waals surface area contributed by atoms with Crippen molar-refractivity contribution < 1.29 is 33.4 Å². The van der Waals surface area contributed by atoms with E-state index in [1.54, 1.807) is 41.3 Å². The van der Waals surface area contributed by atoms with E-state index in [0.29, 0.717) is 24.8 Å². The number of amides is 1. The molecule has 162 valence electrons. The number of ether oxygens (including phenoxy) is 2. The minimum absolute atomic E-state index is 0.0278. The zero-order valence-corrected chi connectivity index (χ0v) is 16.6. The van der Waals surface area contributed by atoms with Gasteiger partial charge in [0.15, 0.2) is 0 Å². The Hall–Kier alpha value is -3.68. The van der Waals surface area contributed by atoms with Crippen LogP contribution in [0.2, 0.25) is 0 Å². The van der Waals surface area contributed by atoms with Gasteiger partial charge >= 0.3 is 18.0 Å². The Labute approximate surface area is 178 Å². The molecule has 8 heteroatoms. The molecule has 7 nitrogen and oxygen atoms in total. The number of nitrogens with zero attached hydrogens (tertiary/aromatic N) is 1. The Morgan fingerprint density at radius 1 is 1.06 bits per heavy atom. The molecular formula is C23H22FNO6. The molecule has 1 N–H and O–H groups in total. The Kier molecular flexibility index (Phi) is 7.37. The van der Waals surface area contributed by atoms with Gasteiger partial charge in [-0.25, -0.2) is 18.8 Å². The van der Waals surface area contributed by atoms with Crippen LogP contribution in [0.3, 0.4) is 0 Å². The summed E-state index contributed by atoms with van der Waals surface area (Å²) in [7, 11) is 0. The van der Waals surface area contributed by atoms with Crippen molar-refractivity contribution in [2.75, 3.05) is 19.7 Å². The number of likely N-dealkylation sites (tertiary alicyclic amines) is 1. The van der Waals surface area contributed by atoms with Gasteiger partial charge < -0.3 is 19.5 Å². The van der Waals surface area contributed by atoms with Gasteiger partial charge in [0.1, 0.15) is 11.6 Å². The third-order valence-corrected chi connectivity index (χ3v) is 5.04. The Balaban J connectivity index is 1.70. The minimum Gasteiger partial charge on any atom is -0.478 e. The van der Waals surface area contributed by atoms with Gasteiger partial charge in [-0.2, -0.15) is 0 Å². The Morgan fingerprint density at radius 2 is 1.77 bits per heavy atom. The largest absolute Gasteiger partial charge is 0.478 e. The molecule has 31 heavy (non-hydrogen) atoms. The fourth-order valence-electron chi connectivity index (χ4n) is 3.55. The van der Waals surface area contributed by atoms with Gasteiger partial charge in [0.05, 0.1) is 6.61 Å². The van der Waals surface area contributed by atoms with Crippen molar-refractivity contribution in [1.29, 1.82) is 0 Å². The monoisotopic (exact) mass is 427 g/mol. The average molecular weight is 427 g/mol. The maximum atomic E-state index is 13.3. The number of hydrogen-bond acceptors (Lipinski definition) is 5. The maximum Gasteiger partial charge on any atom is 0.415 e. The summed E-state index contributed by atoms with van der Waals surface area (Å²) in [6, 6.07) is 14.8. The summed E-state index contributed by atoms with van der Waals surface area (Å²) in [5.74, 6) is -2.32. The fourth-order valence-corrected chi connectivity index (χ4v) is 3.55. The molecule has 0 radical (unpaired) electrons. The van der Waals surface area contributed by atoms with Gasteiger partial charge in [-0.05, 0) is 42.2 Å². The van der Waals surface area contributed by atoms with Crippen molar-refractivity contribution in [1.82, 2.24) is 4.90 Å². The zero-order valence-electron chi connectivity index (χ0n) is 16.6. The lowest BCUT2D eigenvalue weighted by Gasteiger charge is -2.38. The number of aliphatic carboxylic acids is 1. The van der Waals surface area contributed by atoms with E-state index in [9.17, 15) is 18.8 Å². The fraction of sp³-hybridized carbons (Fsp3) is 0.261. The number of carbonyl (C=O) groups is 3. The predicted molar refractivity (Wildman–Crippen MR) is 109 cm³/mol. The average Bonchev–Trinajstić information content (AvgIpc) is 2.77. The molecule has 2 aromatic carbocycles. The molecule has 1 fully saturated rings. The van der Waals surface area contributed by atoms with Crippen LogP contribution in [-0.4, -0.2) is 47.7 Å². The van der Waals surface area contributed by atoms with Crippen molar-refractivity contribution in [3.63, 3.8) is 0 Å². The van der Waals surface area contributed by atoms with Crippen LogP contribution in [0.15, 0.2) is 66.7 Å². The van der Waals surface area contributed by atoms with Crippen molar-refractivity contribution in [3.05, 3.63) is 78.1 Å². The van der Waals surface area contributed by atoms with Gasteiger partial charge in [-0.15, -0.1) is 0 Å². The Morgan fingerprint density at radius 3 is 2.45 bits per heavy atom. The molecule has 0 bridgehead atoms. The van der Waals surface area contributed by atoms with Crippen LogP contribution in [0.5, 0.6) is 5.75 Å². The van der Waals surface area contributed by atoms with E-state index in [4.69, 9.17) is 14.6 Å². The van der Waals surface area contributed by atoms with E-state index in [2.05, 4.69) is 0 Å². The maximum absolute atomic E-state index is 13.3. The van der Waals surface area contributed by atoms with E-state index in [1.807, 2.05) is 6.07 Å². The Bertz CT molecular complexity index is 944. The lowest BCUT2D eigenvalue weighted by atomic mass is 9.81. The molecule has 3 rings (SSSR count). The number of para-hydroxylation sites is 1. The lowest BCUT2D eigenvalue weighted by molar-refractivity contribution is -0.140. The molecule has 0 saturated carbocycles. The molecule has 1 aliphatic heterocycles. The highest BCUT2D eigenvalue weighted by atomic mass is 19.1. The molecule has 0 aliphatic carbocycles. The minimum atomic E-state index is -1.26. The van der Waals surface area contributed by atoms with E-state index < -0.39 is 18.0 Å². The predicted octanol–water partition coefficient (Wildman–Crippen LogP) is 3.61. The molecule has 2 atom stereocenters. The van der Waals surface area contributed by atoms with E-state index >= 15 is 0 Å². The van der Waals surface area contributed by atoms with E-state index in [0.717, 1.165) is 11.6 Å². The standard InChI is InChI=1S/C23H22FNO6/c24-18-8-6-16(7-9-18)20-12-13-25(23(29)31-19-4-2-1-3-5-19)14-17(20)15-30-22(28)11-10-21(26)27/h1-11,17,20H,12-15H2,(H,26,27)/t17-,20-/m0/s1. The second kappa shape index (κ2) is 10.4. The summed E-state index contributed by atoms with van der Waals surface area (Å²) in [5, 5.41) is 8.63. The molecule has 0 aromatic heterocycles. The van der Waals surface area contributed by atoms with Crippen LogP contribution in [-0.2, 0) is 14.3 Å². The third-order valence-electron chi connectivity index (χ3n) is 5.04. The molecule has 1 aliphatic rings. The smallest absolute Gasteiger partial charge is 0.415 e. The van der Waals surface area contributed by atoms with Gasteiger partial charge in [-0.3, -0.25) is 0 Å². The van der Waals surface area contributed by atoms with Crippen LogP contribution < -0.4 is 4.74 Å². The van der Waals surface area contributed by atoms with E-state index in [1.165, 1.54) is 12.1 Å². The van der Waals surface area contributed by atoms with Gasteiger partial charge in [0, 0.05) is 31.2 Å². The second-order valence-corrected chi connectivity index (χ2v) is 7.14. The third kappa shape index (κ3) is 6.40. The van der Waals surface area contributed by atoms with Crippen molar-refractivity contribution in [2.45, 2.75) is 12.3 Å². The van der Waals surface area contributed by atoms with Crippen molar-refractivity contribution >= 4 is 18.0 Å². The summed E-state index contributed by atoms with van der Waals surface area (Å²) >= 11 is 0. The highest BCUT2D eigenvalue weighted by Crippen LogP contribution is 2.34. The normalized spacial score (nSPS) is 18.5. The van der Waals surface area contributed by atoms with Crippen LogP contribution in [0.4, 0.5) is 9.18 Å². The first-order valence-electron chi connectivity index (χ1n) is 9.77. The summed E-state index contributed by atoms with van der Waals surface area (Å²) in [6.45, 7) is 0.667. The summed E-state index contributed by atoms with van der Waals surface area (Å²) in [4.78, 5) is 36.5. The SMILES string of the molecule is O=C(O)C=CC(=O)OC[C@@H]1CN(C(=O)Oc2ccccc2)CC[C@H]1c1ccc(F)cc1. The van der Waals surface area contributed by atoms with Crippen molar-refractivity contribution in [3.8, 4) is 5.75 Å². The molecule has 1 heterocycles. The number of halogens is 1.